The first-order valence-electron chi connectivity index (χ1n) is 7.04. The van der Waals surface area contributed by atoms with E-state index in [1.165, 1.54) is 12.1 Å². The highest BCUT2D eigenvalue weighted by molar-refractivity contribution is 7.92. The highest BCUT2D eigenvalue weighted by Gasteiger charge is 2.27. The molecule has 2 aromatic carbocycles. The number of rotatable bonds is 5. The average molecular weight is 373 g/mol. The van der Waals surface area contributed by atoms with Crippen LogP contribution in [0.1, 0.15) is 24.3 Å². The molecule has 0 spiro atoms. The summed E-state index contributed by atoms with van der Waals surface area (Å²) in [7, 11) is -9.20. The fourth-order valence-electron chi connectivity index (χ4n) is 2.32. The lowest BCUT2D eigenvalue weighted by atomic mass is 10.1. The summed E-state index contributed by atoms with van der Waals surface area (Å²) in [5, 5.41) is 0. The van der Waals surface area contributed by atoms with Gasteiger partial charge in [-0.1, -0.05) is 12.1 Å². The zero-order valence-electron chi connectivity index (χ0n) is 12.2. The quantitative estimate of drug-likeness (QED) is 0.817. The Bertz CT molecular complexity index is 1000. The molecule has 128 valence electrons. The maximum absolute atomic E-state index is 14.0. The Morgan fingerprint density at radius 2 is 1.62 bits per heavy atom. The molecule has 0 amide bonds. The smallest absolute Gasteiger partial charge is 0.280 e. The minimum atomic E-state index is -5.03. The van der Waals surface area contributed by atoms with Crippen molar-refractivity contribution < 1.29 is 25.1 Å². The fraction of sp³-hybridized carbons (Fsp3) is 0.200. The number of benzene rings is 2. The molecule has 0 unspecified atom stereocenters. The van der Waals surface area contributed by atoms with E-state index in [1.807, 2.05) is 0 Å². The van der Waals surface area contributed by atoms with Gasteiger partial charge in [0.15, 0.2) is 0 Å². The van der Waals surface area contributed by atoms with Gasteiger partial charge in [0.05, 0.1) is 15.5 Å². The van der Waals surface area contributed by atoms with Gasteiger partial charge >= 0.3 is 10.2 Å². The Morgan fingerprint density at radius 1 is 0.958 bits per heavy atom. The van der Waals surface area contributed by atoms with E-state index in [4.69, 9.17) is 0 Å². The number of sulfonamides is 1. The van der Waals surface area contributed by atoms with Crippen LogP contribution in [0.2, 0.25) is 0 Å². The van der Waals surface area contributed by atoms with Crippen LogP contribution in [0.4, 0.5) is 14.0 Å². The van der Waals surface area contributed by atoms with Crippen molar-refractivity contribution in [3.8, 4) is 0 Å². The summed E-state index contributed by atoms with van der Waals surface area (Å²) in [5.41, 5.74) is 0.550. The van der Waals surface area contributed by atoms with E-state index in [-0.39, 0.29) is 11.6 Å². The Hall–Kier alpha value is -2.00. The number of anilines is 1. The highest BCUT2D eigenvalue weighted by atomic mass is 32.3. The molecule has 3 rings (SSSR count). The van der Waals surface area contributed by atoms with Crippen molar-refractivity contribution in [3.63, 3.8) is 0 Å². The van der Waals surface area contributed by atoms with Crippen LogP contribution < -0.4 is 4.72 Å². The van der Waals surface area contributed by atoms with Gasteiger partial charge in [-0.15, -0.1) is 3.89 Å². The maximum Gasteiger partial charge on any atom is 0.332 e. The highest BCUT2D eigenvalue weighted by Crippen LogP contribution is 2.41. The maximum atomic E-state index is 14.0. The van der Waals surface area contributed by atoms with Gasteiger partial charge in [0.1, 0.15) is 5.82 Å². The standard InChI is InChI=1S/C15H13F2NO4S2/c16-15-8-11(6-7-14(15)10-4-5-10)18-24(21,22)13-3-1-2-12(9-13)23(17,19)20/h1-3,6-10,18H,4-5H2. The molecule has 1 aliphatic rings. The fourth-order valence-corrected chi connectivity index (χ4v) is 4.00. The topological polar surface area (TPSA) is 80.3 Å². The molecule has 1 aliphatic carbocycles. The van der Waals surface area contributed by atoms with Gasteiger partial charge in [0.2, 0.25) is 0 Å². The summed E-state index contributed by atoms with van der Waals surface area (Å²) in [4.78, 5) is -1.20. The molecule has 5 nitrogen and oxygen atoms in total. The van der Waals surface area contributed by atoms with Crippen LogP contribution in [0.3, 0.4) is 0 Å². The molecule has 24 heavy (non-hydrogen) atoms. The van der Waals surface area contributed by atoms with Crippen LogP contribution >= 0.6 is 0 Å². The lowest BCUT2D eigenvalue weighted by molar-refractivity contribution is 0.552. The number of halogens is 2. The van der Waals surface area contributed by atoms with Crippen LogP contribution in [0.25, 0.3) is 0 Å². The Labute approximate surface area is 138 Å². The van der Waals surface area contributed by atoms with Crippen molar-refractivity contribution in [2.24, 2.45) is 0 Å². The second-order valence-corrected chi connectivity index (χ2v) is 8.56. The molecular formula is C15H13F2NO4S2. The molecule has 2 aromatic rings. The molecule has 0 heterocycles. The van der Waals surface area contributed by atoms with Crippen LogP contribution in [-0.2, 0) is 20.2 Å². The van der Waals surface area contributed by atoms with Gasteiger partial charge in [-0.25, -0.2) is 12.8 Å². The Morgan fingerprint density at radius 3 is 2.21 bits per heavy atom. The molecule has 0 aliphatic heterocycles. The predicted octanol–water partition coefficient (Wildman–Crippen LogP) is 3.16. The van der Waals surface area contributed by atoms with Crippen LogP contribution in [-0.4, -0.2) is 16.8 Å². The van der Waals surface area contributed by atoms with Crippen molar-refractivity contribution in [1.29, 1.82) is 0 Å². The lowest BCUT2D eigenvalue weighted by Gasteiger charge is -2.10. The van der Waals surface area contributed by atoms with E-state index < -0.39 is 35.9 Å². The van der Waals surface area contributed by atoms with E-state index in [0.717, 1.165) is 37.1 Å². The Kier molecular flexibility index (Phi) is 4.08. The summed E-state index contributed by atoms with van der Waals surface area (Å²) in [6.45, 7) is 0. The van der Waals surface area contributed by atoms with Gasteiger partial charge in [-0.3, -0.25) is 4.72 Å². The third kappa shape index (κ3) is 3.57. The zero-order valence-corrected chi connectivity index (χ0v) is 13.9. The molecule has 0 aromatic heterocycles. The summed E-state index contributed by atoms with van der Waals surface area (Å²) >= 11 is 0. The van der Waals surface area contributed by atoms with E-state index in [0.29, 0.717) is 11.6 Å². The first kappa shape index (κ1) is 16.8. The van der Waals surface area contributed by atoms with Crippen LogP contribution in [0.5, 0.6) is 0 Å². The van der Waals surface area contributed by atoms with E-state index >= 15 is 0 Å². The SMILES string of the molecule is O=S(=O)(F)c1cccc(S(=O)(=O)Nc2ccc(C3CC3)c(F)c2)c1. The monoisotopic (exact) mass is 373 g/mol. The molecule has 9 heteroatoms. The molecule has 0 bridgehead atoms. The summed E-state index contributed by atoms with van der Waals surface area (Å²) in [6, 6.07) is 7.90. The van der Waals surface area contributed by atoms with Gasteiger partial charge in [-0.05, 0) is 54.7 Å². The van der Waals surface area contributed by atoms with Gasteiger partial charge in [0.25, 0.3) is 10.0 Å². The molecule has 1 N–H and O–H groups in total. The minimum absolute atomic E-state index is 0.00501. The van der Waals surface area contributed by atoms with Gasteiger partial charge in [0, 0.05) is 0 Å². The van der Waals surface area contributed by atoms with E-state index in [2.05, 4.69) is 4.72 Å². The lowest BCUT2D eigenvalue weighted by Crippen LogP contribution is -2.13. The molecular weight excluding hydrogens is 360 g/mol. The molecule has 1 saturated carbocycles. The second kappa shape index (κ2) is 5.82. The third-order valence-electron chi connectivity index (χ3n) is 3.67. The summed E-state index contributed by atoms with van der Waals surface area (Å²) in [5.74, 6) is -0.320. The second-order valence-electron chi connectivity index (χ2n) is 5.53. The molecule has 0 radical (unpaired) electrons. The van der Waals surface area contributed by atoms with E-state index in [9.17, 15) is 25.1 Å². The number of hydrogen-bond acceptors (Lipinski definition) is 4. The Balaban J connectivity index is 1.90. The van der Waals surface area contributed by atoms with Crippen molar-refractivity contribution in [2.75, 3.05) is 4.72 Å². The van der Waals surface area contributed by atoms with Crippen molar-refractivity contribution in [3.05, 3.63) is 53.8 Å². The largest absolute Gasteiger partial charge is 0.332 e. The summed E-state index contributed by atoms with van der Waals surface area (Å²) in [6.07, 6.45) is 1.82. The zero-order chi connectivity index (χ0) is 17.5. The number of nitrogens with one attached hydrogen (secondary N) is 1. The third-order valence-corrected chi connectivity index (χ3v) is 5.86. The average Bonchev–Trinajstić information content (AvgIpc) is 3.31. The predicted molar refractivity (Wildman–Crippen MR) is 83.9 cm³/mol. The number of hydrogen-bond donors (Lipinski definition) is 1. The normalized spacial score (nSPS) is 15.2. The minimum Gasteiger partial charge on any atom is -0.280 e. The molecule has 1 fully saturated rings. The van der Waals surface area contributed by atoms with Crippen LogP contribution in [0.15, 0.2) is 52.3 Å². The summed E-state index contributed by atoms with van der Waals surface area (Å²) < 4.78 is 75.5. The van der Waals surface area contributed by atoms with Gasteiger partial charge in [-0.2, -0.15) is 8.42 Å². The van der Waals surface area contributed by atoms with Crippen molar-refractivity contribution in [1.82, 2.24) is 0 Å². The first-order chi connectivity index (χ1) is 11.2. The van der Waals surface area contributed by atoms with Gasteiger partial charge < -0.3 is 0 Å². The van der Waals surface area contributed by atoms with Crippen LogP contribution in [0, 0.1) is 5.82 Å². The van der Waals surface area contributed by atoms with Crippen molar-refractivity contribution in [2.45, 2.75) is 28.6 Å². The molecule has 0 saturated heterocycles. The molecule has 0 atom stereocenters. The van der Waals surface area contributed by atoms with E-state index in [1.54, 1.807) is 0 Å². The first-order valence-corrected chi connectivity index (χ1v) is 9.90. The van der Waals surface area contributed by atoms with Crippen molar-refractivity contribution >= 4 is 25.9 Å².